The second kappa shape index (κ2) is 5.89. The van der Waals surface area contributed by atoms with E-state index in [0.29, 0.717) is 5.92 Å². The summed E-state index contributed by atoms with van der Waals surface area (Å²) in [4.78, 5) is 8.75. The minimum Gasteiger partial charge on any atom is -0.312 e. The fraction of sp³-hybridized carbons (Fsp3) is 0.385. The van der Waals surface area contributed by atoms with Crippen molar-refractivity contribution in [2.45, 2.75) is 20.4 Å². The van der Waals surface area contributed by atoms with E-state index >= 15 is 0 Å². The normalized spacial score (nSPS) is 11.0. The molecule has 2 aromatic heterocycles. The van der Waals surface area contributed by atoms with E-state index < -0.39 is 0 Å². The maximum absolute atomic E-state index is 4.37. The summed E-state index contributed by atoms with van der Waals surface area (Å²) in [5, 5.41) is 7.48. The predicted molar refractivity (Wildman–Crippen MR) is 71.9 cm³/mol. The summed E-state index contributed by atoms with van der Waals surface area (Å²) in [6.07, 6.45) is 3.79. The van der Waals surface area contributed by atoms with Crippen molar-refractivity contribution in [2.75, 3.05) is 6.54 Å². The molecule has 90 valence electrons. The fourth-order valence-corrected chi connectivity index (χ4v) is 2.13. The molecule has 0 aliphatic heterocycles. The molecule has 0 bridgehead atoms. The Morgan fingerprint density at radius 1 is 1.29 bits per heavy atom. The van der Waals surface area contributed by atoms with Crippen LogP contribution in [0.1, 0.15) is 19.4 Å². The van der Waals surface area contributed by atoms with Gasteiger partial charge < -0.3 is 5.32 Å². The van der Waals surface area contributed by atoms with Crippen LogP contribution in [0.4, 0.5) is 0 Å². The first-order valence-electron chi connectivity index (χ1n) is 5.80. The molecule has 0 aromatic carbocycles. The molecule has 1 N–H and O–H groups in total. The van der Waals surface area contributed by atoms with Gasteiger partial charge >= 0.3 is 0 Å². The van der Waals surface area contributed by atoms with Crippen molar-refractivity contribution in [1.29, 1.82) is 0 Å². The van der Waals surface area contributed by atoms with Crippen molar-refractivity contribution in [2.24, 2.45) is 5.92 Å². The zero-order valence-electron chi connectivity index (χ0n) is 10.2. The average Bonchev–Trinajstić information content (AvgIpc) is 2.83. The average molecular weight is 247 g/mol. The molecule has 2 aromatic rings. The maximum Gasteiger partial charge on any atom is 0.159 e. The first-order chi connectivity index (χ1) is 8.25. The van der Waals surface area contributed by atoms with Gasteiger partial charge in [-0.3, -0.25) is 0 Å². The van der Waals surface area contributed by atoms with Gasteiger partial charge in [-0.1, -0.05) is 13.8 Å². The fourth-order valence-electron chi connectivity index (χ4n) is 1.49. The number of hydrogen-bond donors (Lipinski definition) is 1. The highest BCUT2D eigenvalue weighted by atomic mass is 32.1. The number of nitrogens with one attached hydrogen (secondary N) is 1. The van der Waals surface area contributed by atoms with Crippen LogP contribution in [0.15, 0.2) is 29.2 Å². The molecule has 0 radical (unpaired) electrons. The highest BCUT2D eigenvalue weighted by Gasteiger charge is 2.01. The molecule has 2 heterocycles. The third-order valence-electron chi connectivity index (χ3n) is 2.37. The van der Waals surface area contributed by atoms with E-state index in [1.807, 2.05) is 23.8 Å². The van der Waals surface area contributed by atoms with E-state index in [0.717, 1.165) is 30.0 Å². The first kappa shape index (κ1) is 12.2. The van der Waals surface area contributed by atoms with Crippen molar-refractivity contribution in [3.63, 3.8) is 0 Å². The smallest absolute Gasteiger partial charge is 0.159 e. The van der Waals surface area contributed by atoms with Gasteiger partial charge in [0.05, 0.1) is 0 Å². The largest absolute Gasteiger partial charge is 0.312 e. The molecule has 0 unspecified atom stereocenters. The molecule has 0 atom stereocenters. The van der Waals surface area contributed by atoms with Crippen molar-refractivity contribution >= 4 is 11.3 Å². The van der Waals surface area contributed by atoms with Crippen LogP contribution in [0.5, 0.6) is 0 Å². The Labute approximate surface area is 106 Å². The molecule has 0 aliphatic rings. The van der Waals surface area contributed by atoms with Gasteiger partial charge in [-0.15, -0.1) is 0 Å². The Morgan fingerprint density at radius 2 is 2.06 bits per heavy atom. The quantitative estimate of drug-likeness (QED) is 0.882. The summed E-state index contributed by atoms with van der Waals surface area (Å²) in [7, 11) is 0. The van der Waals surface area contributed by atoms with E-state index in [4.69, 9.17) is 0 Å². The predicted octanol–water partition coefficient (Wildman–Crippen LogP) is 2.95. The van der Waals surface area contributed by atoms with E-state index in [1.54, 1.807) is 11.3 Å². The zero-order valence-corrected chi connectivity index (χ0v) is 11.0. The van der Waals surface area contributed by atoms with Gasteiger partial charge in [-0.05, 0) is 23.9 Å². The molecule has 0 amide bonds. The van der Waals surface area contributed by atoms with Crippen molar-refractivity contribution in [3.8, 4) is 11.4 Å². The number of aromatic nitrogens is 2. The molecule has 2 rings (SSSR count). The minimum absolute atomic E-state index is 0.668. The van der Waals surface area contributed by atoms with E-state index in [1.165, 1.54) is 0 Å². The Bertz CT molecular complexity index is 434. The minimum atomic E-state index is 0.668. The standard InChI is InChI=1S/C13H17N3S/c1-10(2)5-14-6-11-7-15-13(16-8-11)12-3-4-17-9-12/h3-4,7-10,14H,5-6H2,1-2H3. The molecule has 17 heavy (non-hydrogen) atoms. The van der Waals surface area contributed by atoms with Gasteiger partial charge in [0.1, 0.15) is 0 Å². The van der Waals surface area contributed by atoms with Crippen LogP contribution < -0.4 is 5.32 Å². The van der Waals surface area contributed by atoms with Gasteiger partial charge in [-0.2, -0.15) is 11.3 Å². The molecule has 0 fully saturated rings. The Kier molecular flexibility index (Phi) is 4.23. The second-order valence-corrected chi connectivity index (χ2v) is 5.23. The van der Waals surface area contributed by atoms with E-state index in [-0.39, 0.29) is 0 Å². The van der Waals surface area contributed by atoms with Crippen LogP contribution in [0.25, 0.3) is 11.4 Å². The summed E-state index contributed by atoms with van der Waals surface area (Å²) in [6.45, 7) is 6.25. The third kappa shape index (κ3) is 3.61. The first-order valence-corrected chi connectivity index (χ1v) is 6.74. The van der Waals surface area contributed by atoms with Gasteiger partial charge in [0.15, 0.2) is 5.82 Å². The van der Waals surface area contributed by atoms with Crippen LogP contribution in [0.3, 0.4) is 0 Å². The third-order valence-corrected chi connectivity index (χ3v) is 3.05. The van der Waals surface area contributed by atoms with Gasteiger partial charge in [0.25, 0.3) is 0 Å². The lowest BCUT2D eigenvalue weighted by molar-refractivity contribution is 0.551. The monoisotopic (exact) mass is 247 g/mol. The topological polar surface area (TPSA) is 37.8 Å². The summed E-state index contributed by atoms with van der Waals surface area (Å²) in [6, 6.07) is 2.04. The van der Waals surface area contributed by atoms with Gasteiger partial charge in [0, 0.05) is 35.4 Å². The SMILES string of the molecule is CC(C)CNCc1cnc(-c2ccsc2)nc1. The highest BCUT2D eigenvalue weighted by Crippen LogP contribution is 2.17. The summed E-state index contributed by atoms with van der Waals surface area (Å²) in [5.74, 6) is 1.47. The van der Waals surface area contributed by atoms with Crippen molar-refractivity contribution in [1.82, 2.24) is 15.3 Å². The van der Waals surface area contributed by atoms with Gasteiger partial charge in [-0.25, -0.2) is 9.97 Å². The molecule has 0 saturated heterocycles. The summed E-state index contributed by atoms with van der Waals surface area (Å²) < 4.78 is 0. The molecule has 0 spiro atoms. The summed E-state index contributed by atoms with van der Waals surface area (Å²) in [5.41, 5.74) is 2.22. The molecule has 4 heteroatoms. The lowest BCUT2D eigenvalue weighted by Gasteiger charge is -2.07. The lowest BCUT2D eigenvalue weighted by atomic mass is 10.2. The van der Waals surface area contributed by atoms with E-state index in [9.17, 15) is 0 Å². The van der Waals surface area contributed by atoms with Crippen molar-refractivity contribution < 1.29 is 0 Å². The highest BCUT2D eigenvalue weighted by molar-refractivity contribution is 7.08. The Balaban J connectivity index is 1.94. The Hall–Kier alpha value is -1.26. The maximum atomic E-state index is 4.37. The molecular formula is C13H17N3S. The van der Waals surface area contributed by atoms with E-state index in [2.05, 4.69) is 34.5 Å². The van der Waals surface area contributed by atoms with Crippen molar-refractivity contribution in [3.05, 3.63) is 34.8 Å². The molecule has 3 nitrogen and oxygen atoms in total. The zero-order chi connectivity index (χ0) is 12.1. The molecule has 0 aliphatic carbocycles. The summed E-state index contributed by atoms with van der Waals surface area (Å²) >= 11 is 1.66. The second-order valence-electron chi connectivity index (χ2n) is 4.45. The van der Waals surface area contributed by atoms with Crippen LogP contribution in [0.2, 0.25) is 0 Å². The van der Waals surface area contributed by atoms with Crippen LogP contribution in [-0.4, -0.2) is 16.5 Å². The van der Waals surface area contributed by atoms with Crippen LogP contribution in [0, 0.1) is 5.92 Å². The molecular weight excluding hydrogens is 230 g/mol. The van der Waals surface area contributed by atoms with Crippen LogP contribution >= 0.6 is 11.3 Å². The lowest BCUT2D eigenvalue weighted by Crippen LogP contribution is -2.19. The van der Waals surface area contributed by atoms with Gasteiger partial charge in [0.2, 0.25) is 0 Å². The Morgan fingerprint density at radius 3 is 2.65 bits per heavy atom. The van der Waals surface area contributed by atoms with Crippen LogP contribution in [-0.2, 0) is 6.54 Å². The number of nitrogens with zero attached hydrogens (tertiary/aromatic N) is 2. The number of thiophene rings is 1. The number of hydrogen-bond acceptors (Lipinski definition) is 4. The number of rotatable bonds is 5. The molecule has 0 saturated carbocycles.